The van der Waals surface area contributed by atoms with Crippen molar-refractivity contribution in [1.82, 2.24) is 10.6 Å². The molecule has 0 unspecified atom stereocenters. The molecule has 0 spiro atoms. The molecule has 6 heteroatoms. The molecule has 0 aromatic carbocycles. The minimum atomic E-state index is -0.636. The zero-order valence-electron chi connectivity index (χ0n) is 19.3. The quantitative estimate of drug-likeness (QED) is 0.344. The van der Waals surface area contributed by atoms with Crippen LogP contribution in [0.15, 0.2) is 23.8 Å². The lowest BCUT2D eigenvalue weighted by Crippen LogP contribution is -2.43. The third-order valence-electron chi connectivity index (χ3n) is 5.78. The van der Waals surface area contributed by atoms with E-state index in [0.29, 0.717) is 25.3 Å². The summed E-state index contributed by atoms with van der Waals surface area (Å²) in [4.78, 5) is 35.6. The topological polar surface area (TPSA) is 84.5 Å². The highest BCUT2D eigenvalue weighted by molar-refractivity contribution is 5.86. The average molecular weight is 409 g/mol. The number of nitrogens with one attached hydrogen (secondary N) is 2. The van der Waals surface area contributed by atoms with Crippen LogP contribution in [0.2, 0.25) is 0 Å². The van der Waals surface area contributed by atoms with Crippen LogP contribution >= 0.6 is 0 Å². The summed E-state index contributed by atoms with van der Waals surface area (Å²) in [6.45, 7) is 15.9. The Labute approximate surface area is 176 Å². The fraction of sp³-hybridized carbons (Fsp3) is 0.696. The van der Waals surface area contributed by atoms with Crippen molar-refractivity contribution in [3.8, 4) is 0 Å². The molecule has 0 heterocycles. The Morgan fingerprint density at radius 1 is 1.28 bits per heavy atom. The Hall–Kier alpha value is -2.11. The summed E-state index contributed by atoms with van der Waals surface area (Å²) < 4.78 is 4.71. The largest absolute Gasteiger partial charge is 0.467 e. The summed E-state index contributed by atoms with van der Waals surface area (Å²) in [5.74, 6) is -0.306. The number of methoxy groups -OCH3 is 1. The predicted octanol–water partition coefficient (Wildman–Crippen LogP) is 3.92. The van der Waals surface area contributed by atoms with Crippen molar-refractivity contribution >= 4 is 17.8 Å². The van der Waals surface area contributed by atoms with Gasteiger partial charge in [0.25, 0.3) is 0 Å². The molecule has 2 amide bonds. The van der Waals surface area contributed by atoms with Crippen LogP contribution in [-0.4, -0.2) is 37.5 Å². The maximum absolute atomic E-state index is 12.8. The standard InChI is InChI=1S/C21H34N2O4.C2H6/c1-7-17-11-12-21(5,15(3)14(17)2)20(26)22-13-9-8-10-18(19(25)27-6)23-16(4)24;1-2/h7,17-18H,1,8-13H2,2-6H3,(H,22,26)(H,23,24);1-2H3/t17-,18-,21-;/m0./s1. The van der Waals surface area contributed by atoms with Crippen LogP contribution < -0.4 is 10.6 Å². The van der Waals surface area contributed by atoms with E-state index < -0.39 is 17.4 Å². The molecule has 0 bridgehead atoms. The second-order valence-electron chi connectivity index (χ2n) is 7.55. The van der Waals surface area contributed by atoms with Crippen molar-refractivity contribution in [3.63, 3.8) is 0 Å². The summed E-state index contributed by atoms with van der Waals surface area (Å²) >= 11 is 0. The molecule has 29 heavy (non-hydrogen) atoms. The van der Waals surface area contributed by atoms with Crippen LogP contribution in [0.4, 0.5) is 0 Å². The van der Waals surface area contributed by atoms with Gasteiger partial charge in [0.1, 0.15) is 6.04 Å². The summed E-state index contributed by atoms with van der Waals surface area (Å²) in [5, 5.41) is 5.63. The van der Waals surface area contributed by atoms with Gasteiger partial charge in [-0.05, 0) is 58.8 Å². The number of ether oxygens (including phenoxy) is 1. The Bertz CT molecular complexity index is 612. The molecule has 1 aliphatic carbocycles. The first-order valence-electron chi connectivity index (χ1n) is 10.6. The third kappa shape index (κ3) is 7.67. The van der Waals surface area contributed by atoms with Crippen molar-refractivity contribution in [1.29, 1.82) is 0 Å². The Balaban J connectivity index is 0.00000379. The second kappa shape index (κ2) is 13.2. The molecule has 0 aliphatic heterocycles. The van der Waals surface area contributed by atoms with Crippen molar-refractivity contribution in [2.45, 2.75) is 79.7 Å². The maximum atomic E-state index is 12.8. The van der Waals surface area contributed by atoms with Gasteiger partial charge in [-0.25, -0.2) is 4.79 Å². The lowest BCUT2D eigenvalue weighted by Gasteiger charge is -2.37. The first-order chi connectivity index (χ1) is 13.7. The van der Waals surface area contributed by atoms with E-state index in [4.69, 9.17) is 4.74 Å². The van der Waals surface area contributed by atoms with Crippen LogP contribution in [0.3, 0.4) is 0 Å². The van der Waals surface area contributed by atoms with Gasteiger partial charge in [-0.3, -0.25) is 9.59 Å². The smallest absolute Gasteiger partial charge is 0.328 e. The number of allylic oxidation sites excluding steroid dienone is 2. The zero-order chi connectivity index (χ0) is 22.6. The SMILES string of the molecule is C=C[C@H]1CC[C@](C)(C(=O)NCCCC[C@H](NC(C)=O)C(=O)OC)C(C)=C1C.CC. The molecule has 0 saturated heterocycles. The van der Waals surface area contributed by atoms with Crippen molar-refractivity contribution in [3.05, 3.63) is 23.8 Å². The number of hydrogen-bond acceptors (Lipinski definition) is 4. The van der Waals surface area contributed by atoms with Crippen LogP contribution in [0.5, 0.6) is 0 Å². The van der Waals surface area contributed by atoms with Crippen molar-refractivity contribution < 1.29 is 19.1 Å². The van der Waals surface area contributed by atoms with Crippen LogP contribution in [0.25, 0.3) is 0 Å². The molecule has 0 radical (unpaired) electrons. The van der Waals surface area contributed by atoms with Crippen LogP contribution in [0, 0.1) is 11.3 Å². The van der Waals surface area contributed by atoms with Crippen LogP contribution in [0.1, 0.15) is 73.6 Å². The molecule has 1 aliphatic rings. The highest BCUT2D eigenvalue weighted by atomic mass is 16.5. The number of hydrogen-bond donors (Lipinski definition) is 2. The molecule has 0 aromatic rings. The first-order valence-corrected chi connectivity index (χ1v) is 10.6. The van der Waals surface area contributed by atoms with E-state index in [1.165, 1.54) is 19.6 Å². The van der Waals surface area contributed by atoms with Gasteiger partial charge in [-0.1, -0.05) is 31.1 Å². The van der Waals surface area contributed by atoms with E-state index in [-0.39, 0.29) is 11.8 Å². The van der Waals surface area contributed by atoms with Gasteiger partial charge in [0, 0.05) is 13.5 Å². The van der Waals surface area contributed by atoms with Gasteiger partial charge in [-0.2, -0.15) is 0 Å². The highest BCUT2D eigenvalue weighted by Crippen LogP contribution is 2.43. The molecular weight excluding hydrogens is 368 g/mol. The summed E-state index contributed by atoms with van der Waals surface area (Å²) in [7, 11) is 1.30. The Morgan fingerprint density at radius 3 is 2.41 bits per heavy atom. The minimum absolute atomic E-state index is 0.0493. The molecule has 0 aromatic heterocycles. The van der Waals surface area contributed by atoms with Gasteiger partial charge in [0.2, 0.25) is 11.8 Å². The molecule has 2 N–H and O–H groups in total. The molecule has 0 saturated carbocycles. The lowest BCUT2D eigenvalue weighted by molar-refractivity contribution is -0.145. The minimum Gasteiger partial charge on any atom is -0.467 e. The fourth-order valence-corrected chi connectivity index (χ4v) is 3.65. The predicted molar refractivity (Wildman–Crippen MR) is 117 cm³/mol. The van der Waals surface area contributed by atoms with E-state index in [0.717, 1.165) is 24.8 Å². The molecule has 6 nitrogen and oxygen atoms in total. The van der Waals surface area contributed by atoms with Gasteiger partial charge < -0.3 is 15.4 Å². The van der Waals surface area contributed by atoms with Crippen molar-refractivity contribution in [2.24, 2.45) is 11.3 Å². The van der Waals surface area contributed by atoms with Crippen molar-refractivity contribution in [2.75, 3.05) is 13.7 Å². The number of carbonyl (C=O) groups excluding carboxylic acids is 3. The summed E-state index contributed by atoms with van der Waals surface area (Å²) in [6.07, 6.45) is 5.62. The normalized spacial score (nSPS) is 22.0. The monoisotopic (exact) mass is 408 g/mol. The number of rotatable bonds is 9. The Morgan fingerprint density at radius 2 is 1.90 bits per heavy atom. The molecule has 0 fully saturated rings. The van der Waals surface area contributed by atoms with Gasteiger partial charge in [-0.15, -0.1) is 6.58 Å². The third-order valence-corrected chi connectivity index (χ3v) is 5.78. The van der Waals surface area contributed by atoms with E-state index in [1.54, 1.807) is 0 Å². The molecule has 1 rings (SSSR count). The fourth-order valence-electron chi connectivity index (χ4n) is 3.65. The summed E-state index contributed by atoms with van der Waals surface area (Å²) in [6, 6.07) is -0.636. The second-order valence-corrected chi connectivity index (χ2v) is 7.55. The maximum Gasteiger partial charge on any atom is 0.328 e. The van der Waals surface area contributed by atoms with E-state index in [9.17, 15) is 14.4 Å². The van der Waals surface area contributed by atoms with Gasteiger partial charge in [0.05, 0.1) is 12.5 Å². The molecule has 166 valence electrons. The lowest BCUT2D eigenvalue weighted by atomic mass is 9.68. The summed E-state index contributed by atoms with van der Waals surface area (Å²) in [5.41, 5.74) is 1.90. The van der Waals surface area contributed by atoms with E-state index >= 15 is 0 Å². The van der Waals surface area contributed by atoms with E-state index in [2.05, 4.69) is 24.1 Å². The first kappa shape index (κ1) is 26.9. The zero-order valence-corrected chi connectivity index (χ0v) is 19.3. The van der Waals surface area contributed by atoms with E-state index in [1.807, 2.05) is 33.8 Å². The number of carbonyl (C=O) groups is 3. The molecular formula is C23H40N2O4. The van der Waals surface area contributed by atoms with Gasteiger partial charge in [0.15, 0.2) is 0 Å². The number of unbranched alkanes of at least 4 members (excludes halogenated alkanes) is 1. The number of esters is 1. The molecule has 3 atom stereocenters. The average Bonchev–Trinajstić information content (AvgIpc) is 2.71. The Kier molecular flexibility index (Phi) is 12.2. The van der Waals surface area contributed by atoms with Gasteiger partial charge >= 0.3 is 5.97 Å². The van der Waals surface area contributed by atoms with Crippen LogP contribution in [-0.2, 0) is 19.1 Å². The number of amides is 2. The highest BCUT2D eigenvalue weighted by Gasteiger charge is 2.39.